The second-order valence-corrected chi connectivity index (χ2v) is 7.88. The highest BCUT2D eigenvalue weighted by atomic mass is 32.2. The minimum Gasteiger partial charge on any atom is -0.334 e. The monoisotopic (exact) mass is 336 g/mol. The molecule has 2 heterocycles. The fourth-order valence-corrected chi connectivity index (χ4v) is 4.11. The minimum atomic E-state index is -3.41. The molecule has 3 rings (SSSR count). The lowest BCUT2D eigenvalue weighted by atomic mass is 10.1. The third-order valence-electron chi connectivity index (χ3n) is 3.99. The molecule has 23 heavy (non-hydrogen) atoms. The van der Waals surface area contributed by atoms with Crippen molar-refractivity contribution in [2.75, 3.05) is 20.6 Å². The van der Waals surface area contributed by atoms with Gasteiger partial charge in [-0.3, -0.25) is 0 Å². The van der Waals surface area contributed by atoms with Crippen molar-refractivity contribution in [3.8, 4) is 11.5 Å². The second kappa shape index (κ2) is 6.38. The standard InChI is InChI=1S/C15H20N4O3S/c1-18(2)23(20,21)19-10-6-9-13(19)11-14-16-15(22-17-14)12-7-4-3-5-8-12/h3-5,7-8,13H,6,9-11H2,1-2H3. The van der Waals surface area contributed by atoms with Gasteiger partial charge in [-0.15, -0.1) is 0 Å². The van der Waals surface area contributed by atoms with Crippen molar-refractivity contribution in [2.24, 2.45) is 0 Å². The topological polar surface area (TPSA) is 79.5 Å². The van der Waals surface area contributed by atoms with Crippen LogP contribution in [0, 0.1) is 0 Å². The van der Waals surface area contributed by atoms with E-state index < -0.39 is 10.2 Å². The van der Waals surface area contributed by atoms with Gasteiger partial charge in [0.1, 0.15) is 0 Å². The Bertz CT molecular complexity index is 758. The second-order valence-electron chi connectivity index (χ2n) is 5.78. The summed E-state index contributed by atoms with van der Waals surface area (Å²) in [5.74, 6) is 0.996. The zero-order chi connectivity index (χ0) is 16.4. The van der Waals surface area contributed by atoms with Crippen LogP contribution in [0.3, 0.4) is 0 Å². The van der Waals surface area contributed by atoms with Gasteiger partial charge in [0.15, 0.2) is 5.82 Å². The fourth-order valence-electron chi connectivity index (χ4n) is 2.77. The first kappa shape index (κ1) is 16.1. The van der Waals surface area contributed by atoms with E-state index in [9.17, 15) is 8.42 Å². The molecule has 0 aliphatic carbocycles. The summed E-state index contributed by atoms with van der Waals surface area (Å²) in [6, 6.07) is 9.40. The quantitative estimate of drug-likeness (QED) is 0.828. The zero-order valence-corrected chi connectivity index (χ0v) is 14.0. The van der Waals surface area contributed by atoms with E-state index >= 15 is 0 Å². The lowest BCUT2D eigenvalue weighted by Gasteiger charge is -2.26. The van der Waals surface area contributed by atoms with Crippen molar-refractivity contribution in [1.29, 1.82) is 0 Å². The molecule has 1 aliphatic rings. The molecule has 1 aliphatic heterocycles. The molecule has 0 saturated carbocycles. The van der Waals surface area contributed by atoms with Crippen LogP contribution >= 0.6 is 0 Å². The van der Waals surface area contributed by atoms with Gasteiger partial charge in [0.25, 0.3) is 16.1 Å². The van der Waals surface area contributed by atoms with E-state index in [1.807, 2.05) is 30.3 Å². The summed E-state index contributed by atoms with van der Waals surface area (Å²) >= 11 is 0. The van der Waals surface area contributed by atoms with Crippen molar-refractivity contribution >= 4 is 10.2 Å². The van der Waals surface area contributed by atoms with E-state index in [0.717, 1.165) is 18.4 Å². The van der Waals surface area contributed by atoms with Crippen LogP contribution in [0.5, 0.6) is 0 Å². The van der Waals surface area contributed by atoms with Crippen LogP contribution in [0.15, 0.2) is 34.9 Å². The Morgan fingerprint density at radius 2 is 2.04 bits per heavy atom. The first-order valence-electron chi connectivity index (χ1n) is 7.56. The summed E-state index contributed by atoms with van der Waals surface area (Å²) in [6.07, 6.45) is 2.12. The van der Waals surface area contributed by atoms with Crippen LogP contribution in [-0.2, 0) is 16.6 Å². The Hall–Kier alpha value is -1.77. The summed E-state index contributed by atoms with van der Waals surface area (Å²) in [7, 11) is -0.314. The number of hydrogen-bond donors (Lipinski definition) is 0. The van der Waals surface area contributed by atoms with E-state index in [1.165, 1.54) is 8.61 Å². The highest BCUT2D eigenvalue weighted by molar-refractivity contribution is 7.86. The van der Waals surface area contributed by atoms with Gasteiger partial charge in [0, 0.05) is 38.7 Å². The van der Waals surface area contributed by atoms with Crippen molar-refractivity contribution in [3.63, 3.8) is 0 Å². The summed E-state index contributed by atoms with van der Waals surface area (Å²) in [6.45, 7) is 0.536. The molecule has 8 heteroatoms. The fraction of sp³-hybridized carbons (Fsp3) is 0.467. The Kier molecular flexibility index (Phi) is 4.47. The van der Waals surface area contributed by atoms with Crippen LogP contribution in [-0.4, -0.2) is 53.9 Å². The molecule has 0 spiro atoms. The van der Waals surface area contributed by atoms with E-state index in [4.69, 9.17) is 4.52 Å². The molecular weight excluding hydrogens is 316 g/mol. The SMILES string of the molecule is CN(C)S(=O)(=O)N1CCCC1Cc1noc(-c2ccccc2)n1. The normalized spacial score (nSPS) is 19.5. The molecular formula is C15H20N4O3S. The lowest BCUT2D eigenvalue weighted by molar-refractivity contribution is 0.346. The number of benzene rings is 1. The van der Waals surface area contributed by atoms with Gasteiger partial charge >= 0.3 is 0 Å². The van der Waals surface area contributed by atoms with Gasteiger partial charge in [-0.1, -0.05) is 23.4 Å². The summed E-state index contributed by atoms with van der Waals surface area (Å²) in [4.78, 5) is 4.39. The predicted octanol–water partition coefficient (Wildman–Crippen LogP) is 1.55. The Labute approximate surface area is 136 Å². The molecule has 1 saturated heterocycles. The van der Waals surface area contributed by atoms with E-state index in [1.54, 1.807) is 14.1 Å². The smallest absolute Gasteiger partial charge is 0.281 e. The largest absolute Gasteiger partial charge is 0.334 e. The Morgan fingerprint density at radius 1 is 1.30 bits per heavy atom. The lowest BCUT2D eigenvalue weighted by Crippen LogP contribution is -2.43. The first-order chi connectivity index (χ1) is 11.0. The number of aromatic nitrogens is 2. The molecule has 1 aromatic heterocycles. The maximum Gasteiger partial charge on any atom is 0.281 e. The molecule has 1 atom stereocenters. The van der Waals surface area contributed by atoms with Gasteiger partial charge in [-0.25, -0.2) is 0 Å². The van der Waals surface area contributed by atoms with Gasteiger partial charge in [0.2, 0.25) is 0 Å². The Balaban J connectivity index is 1.76. The highest BCUT2D eigenvalue weighted by Crippen LogP contribution is 2.25. The van der Waals surface area contributed by atoms with Crippen LogP contribution in [0.4, 0.5) is 0 Å². The van der Waals surface area contributed by atoms with Crippen LogP contribution in [0.1, 0.15) is 18.7 Å². The summed E-state index contributed by atoms with van der Waals surface area (Å²) in [5, 5.41) is 4.00. The maximum absolute atomic E-state index is 12.3. The molecule has 0 bridgehead atoms. The Morgan fingerprint density at radius 3 is 2.74 bits per heavy atom. The third kappa shape index (κ3) is 3.29. The molecule has 2 aromatic rings. The molecule has 0 N–H and O–H groups in total. The van der Waals surface area contributed by atoms with E-state index in [2.05, 4.69) is 10.1 Å². The third-order valence-corrected chi connectivity index (χ3v) is 5.98. The van der Waals surface area contributed by atoms with E-state index in [0.29, 0.717) is 24.7 Å². The molecule has 1 aromatic carbocycles. The van der Waals surface area contributed by atoms with Crippen LogP contribution in [0.25, 0.3) is 11.5 Å². The van der Waals surface area contributed by atoms with Gasteiger partial charge in [-0.2, -0.15) is 22.0 Å². The van der Waals surface area contributed by atoms with Crippen LogP contribution < -0.4 is 0 Å². The average Bonchev–Trinajstić information content (AvgIpc) is 3.18. The summed E-state index contributed by atoms with van der Waals surface area (Å²) in [5.41, 5.74) is 0.857. The number of nitrogens with zero attached hydrogens (tertiary/aromatic N) is 4. The highest BCUT2D eigenvalue weighted by Gasteiger charge is 2.36. The molecule has 0 amide bonds. The molecule has 1 fully saturated rings. The number of hydrogen-bond acceptors (Lipinski definition) is 5. The first-order valence-corrected chi connectivity index (χ1v) is 8.95. The predicted molar refractivity (Wildman–Crippen MR) is 85.8 cm³/mol. The molecule has 124 valence electrons. The summed E-state index contributed by atoms with van der Waals surface area (Å²) < 4.78 is 32.8. The van der Waals surface area contributed by atoms with E-state index in [-0.39, 0.29) is 6.04 Å². The van der Waals surface area contributed by atoms with Gasteiger partial charge in [-0.05, 0) is 25.0 Å². The minimum absolute atomic E-state index is 0.122. The van der Waals surface area contributed by atoms with Crippen LogP contribution in [0.2, 0.25) is 0 Å². The van der Waals surface area contributed by atoms with Crippen molar-refractivity contribution < 1.29 is 12.9 Å². The van der Waals surface area contributed by atoms with Crippen molar-refractivity contribution in [3.05, 3.63) is 36.2 Å². The average molecular weight is 336 g/mol. The number of rotatable bonds is 5. The molecule has 1 unspecified atom stereocenters. The zero-order valence-electron chi connectivity index (χ0n) is 13.2. The molecule has 0 radical (unpaired) electrons. The van der Waals surface area contributed by atoms with Crippen molar-refractivity contribution in [2.45, 2.75) is 25.3 Å². The van der Waals surface area contributed by atoms with Crippen molar-refractivity contribution in [1.82, 2.24) is 18.8 Å². The van der Waals surface area contributed by atoms with Gasteiger partial charge in [0.05, 0.1) is 0 Å². The molecule has 7 nitrogen and oxygen atoms in total. The maximum atomic E-state index is 12.3. The van der Waals surface area contributed by atoms with Gasteiger partial charge < -0.3 is 4.52 Å².